The van der Waals surface area contributed by atoms with Crippen LogP contribution in [0.15, 0.2) is 12.1 Å². The standard InChI is InChI=1S/C30H44N2O5/c1-17(2)24(27(34)37-28(3,4)5)31-20-11-12-30(35-6)22-15-19-9-10-21(33)25-23(19)29(30,26(20)36-25)13-14-32(22)16-18-7-8-18/h9-10,17-18,20,22,24,26,31,33H,7-8,11-16H2,1-6H3/t20?,22?,24-,26-,29-,30+/m0/s1. The second-order valence-corrected chi connectivity index (χ2v) is 13.5. The maximum Gasteiger partial charge on any atom is 0.323 e. The summed E-state index contributed by atoms with van der Waals surface area (Å²) in [5.74, 6) is 1.49. The molecule has 2 saturated carbocycles. The molecular formula is C30H44N2O5. The fraction of sp³-hybridized carbons (Fsp3) is 0.767. The first-order valence-corrected chi connectivity index (χ1v) is 14.3. The van der Waals surface area contributed by atoms with E-state index >= 15 is 0 Å². The van der Waals surface area contributed by atoms with Crippen LogP contribution in [0.1, 0.15) is 77.8 Å². The van der Waals surface area contributed by atoms with Gasteiger partial charge in [-0.2, -0.15) is 0 Å². The molecule has 2 unspecified atom stereocenters. The molecule has 6 atom stereocenters. The molecule has 7 nitrogen and oxygen atoms in total. The lowest BCUT2D eigenvalue weighted by molar-refractivity contribution is -0.208. The Bertz CT molecular complexity index is 1080. The third-order valence-corrected chi connectivity index (χ3v) is 9.81. The van der Waals surface area contributed by atoms with Crippen LogP contribution in [0.2, 0.25) is 0 Å². The van der Waals surface area contributed by atoms with E-state index in [2.05, 4.69) is 30.1 Å². The van der Waals surface area contributed by atoms with Crippen LogP contribution in [0.25, 0.3) is 0 Å². The Balaban J connectivity index is 1.40. The number of rotatable bonds is 7. The van der Waals surface area contributed by atoms with Crippen molar-refractivity contribution in [3.05, 3.63) is 23.3 Å². The molecule has 0 amide bonds. The van der Waals surface area contributed by atoms with Crippen LogP contribution in [0, 0.1) is 11.8 Å². The molecule has 5 aliphatic rings. The van der Waals surface area contributed by atoms with Gasteiger partial charge in [0.1, 0.15) is 17.7 Å². The van der Waals surface area contributed by atoms with Gasteiger partial charge in [-0.05, 0) is 89.3 Å². The van der Waals surface area contributed by atoms with Crippen molar-refractivity contribution < 1.29 is 24.1 Å². The van der Waals surface area contributed by atoms with Crippen LogP contribution >= 0.6 is 0 Å². The van der Waals surface area contributed by atoms with E-state index in [-0.39, 0.29) is 46.8 Å². The number of likely N-dealkylation sites (tertiary alicyclic amines) is 1. The SMILES string of the molecule is CO[C@@]12CCC(N[C@H](C(=O)OC(C)(C)C)C(C)C)[C@@H]3Oc4c(O)ccc5c4[C@@]31CCN(CC1CC1)C2C5. The van der Waals surface area contributed by atoms with Crippen molar-refractivity contribution >= 4 is 5.97 Å². The zero-order valence-corrected chi connectivity index (χ0v) is 23.3. The fourth-order valence-corrected chi connectivity index (χ4v) is 8.17. The minimum atomic E-state index is -0.547. The van der Waals surface area contributed by atoms with Crippen molar-refractivity contribution in [2.75, 3.05) is 20.2 Å². The minimum absolute atomic E-state index is 0.0587. The first kappa shape index (κ1) is 25.4. The van der Waals surface area contributed by atoms with Crippen molar-refractivity contribution in [1.29, 1.82) is 0 Å². The highest BCUT2D eigenvalue weighted by atomic mass is 16.6. The number of nitrogens with one attached hydrogen (secondary N) is 1. The fourth-order valence-electron chi connectivity index (χ4n) is 8.17. The predicted octanol–water partition coefficient (Wildman–Crippen LogP) is 3.93. The molecule has 2 aliphatic heterocycles. The lowest BCUT2D eigenvalue weighted by Gasteiger charge is -2.66. The van der Waals surface area contributed by atoms with Gasteiger partial charge < -0.3 is 19.3 Å². The summed E-state index contributed by atoms with van der Waals surface area (Å²) < 4.78 is 19.3. The molecule has 2 heterocycles. The molecule has 1 aromatic carbocycles. The van der Waals surface area contributed by atoms with Gasteiger partial charge in [0.15, 0.2) is 11.5 Å². The van der Waals surface area contributed by atoms with Gasteiger partial charge in [0, 0.05) is 31.3 Å². The highest BCUT2D eigenvalue weighted by Gasteiger charge is 2.74. The van der Waals surface area contributed by atoms with Crippen LogP contribution in [0.5, 0.6) is 11.5 Å². The van der Waals surface area contributed by atoms with Crippen LogP contribution < -0.4 is 10.1 Å². The van der Waals surface area contributed by atoms with Crippen molar-refractivity contribution in [2.24, 2.45) is 11.8 Å². The van der Waals surface area contributed by atoms with E-state index in [0.29, 0.717) is 5.75 Å². The summed E-state index contributed by atoms with van der Waals surface area (Å²) in [5.41, 5.74) is 1.15. The smallest absolute Gasteiger partial charge is 0.323 e. The average molecular weight is 513 g/mol. The predicted molar refractivity (Wildman–Crippen MR) is 141 cm³/mol. The first-order chi connectivity index (χ1) is 17.5. The van der Waals surface area contributed by atoms with Crippen LogP contribution in [-0.2, 0) is 26.1 Å². The number of hydrogen-bond donors (Lipinski definition) is 2. The minimum Gasteiger partial charge on any atom is -0.504 e. The number of methoxy groups -OCH3 is 1. The van der Waals surface area contributed by atoms with Crippen molar-refractivity contribution in [3.8, 4) is 11.5 Å². The summed E-state index contributed by atoms with van der Waals surface area (Å²) in [6.07, 6.45) is 6.02. The summed E-state index contributed by atoms with van der Waals surface area (Å²) >= 11 is 0. The highest BCUT2D eigenvalue weighted by Crippen LogP contribution is 2.66. The molecule has 2 bridgehead atoms. The number of carbonyl (C=O) groups excluding carboxylic acids is 1. The molecule has 6 rings (SSSR count). The molecule has 3 fully saturated rings. The summed E-state index contributed by atoms with van der Waals surface area (Å²) in [5, 5.41) is 14.7. The van der Waals surface area contributed by atoms with Gasteiger partial charge in [-0.15, -0.1) is 0 Å². The second-order valence-electron chi connectivity index (χ2n) is 13.5. The molecule has 2 N–H and O–H groups in total. The number of aromatic hydroxyl groups is 1. The number of phenols is 1. The third kappa shape index (κ3) is 3.75. The van der Waals surface area contributed by atoms with Gasteiger partial charge in [0.05, 0.1) is 11.0 Å². The Morgan fingerprint density at radius 3 is 2.65 bits per heavy atom. The Morgan fingerprint density at radius 1 is 1.24 bits per heavy atom. The zero-order valence-electron chi connectivity index (χ0n) is 23.3. The number of nitrogens with zero attached hydrogens (tertiary/aromatic N) is 1. The van der Waals surface area contributed by atoms with Crippen molar-refractivity contribution in [2.45, 2.75) is 114 Å². The number of esters is 1. The molecule has 1 spiro atoms. The lowest BCUT2D eigenvalue weighted by atomic mass is 9.48. The summed E-state index contributed by atoms with van der Waals surface area (Å²) in [7, 11) is 1.88. The normalized spacial score (nSPS) is 35.2. The summed E-state index contributed by atoms with van der Waals surface area (Å²) in [6, 6.07) is 3.68. The Kier molecular flexibility index (Phi) is 5.91. The summed E-state index contributed by atoms with van der Waals surface area (Å²) in [4.78, 5) is 16.0. The largest absolute Gasteiger partial charge is 0.504 e. The Morgan fingerprint density at radius 2 is 2.00 bits per heavy atom. The topological polar surface area (TPSA) is 80.3 Å². The van der Waals surface area contributed by atoms with Gasteiger partial charge in [-0.3, -0.25) is 15.0 Å². The molecule has 7 heteroatoms. The molecule has 3 aliphatic carbocycles. The second kappa shape index (κ2) is 8.59. The van der Waals surface area contributed by atoms with E-state index in [1.54, 1.807) is 6.07 Å². The van der Waals surface area contributed by atoms with Gasteiger partial charge in [0.2, 0.25) is 0 Å². The molecule has 1 saturated heterocycles. The van der Waals surface area contributed by atoms with E-state index in [0.717, 1.165) is 50.3 Å². The maximum absolute atomic E-state index is 13.3. The van der Waals surface area contributed by atoms with Crippen molar-refractivity contribution in [1.82, 2.24) is 10.2 Å². The van der Waals surface area contributed by atoms with Crippen molar-refractivity contribution in [3.63, 3.8) is 0 Å². The van der Waals surface area contributed by atoms with Gasteiger partial charge in [-0.1, -0.05) is 19.9 Å². The Labute approximate surface area is 221 Å². The van der Waals surface area contributed by atoms with Crippen LogP contribution in [0.3, 0.4) is 0 Å². The molecule has 204 valence electrons. The van der Waals surface area contributed by atoms with E-state index in [1.165, 1.54) is 18.4 Å². The van der Waals surface area contributed by atoms with Crippen LogP contribution in [0.4, 0.5) is 0 Å². The quantitative estimate of drug-likeness (QED) is 0.536. The van der Waals surface area contributed by atoms with Gasteiger partial charge in [0.25, 0.3) is 0 Å². The number of benzene rings is 1. The number of hydrogen-bond acceptors (Lipinski definition) is 7. The number of carbonyl (C=O) groups is 1. The number of piperidine rings is 1. The third-order valence-electron chi connectivity index (χ3n) is 9.81. The van der Waals surface area contributed by atoms with E-state index in [1.807, 2.05) is 27.9 Å². The molecule has 1 aromatic rings. The van der Waals surface area contributed by atoms with E-state index in [4.69, 9.17) is 14.2 Å². The highest BCUT2D eigenvalue weighted by molar-refractivity contribution is 5.76. The molecule has 0 radical (unpaired) electrons. The maximum atomic E-state index is 13.3. The average Bonchev–Trinajstić information content (AvgIpc) is 3.57. The van der Waals surface area contributed by atoms with Gasteiger partial charge in [-0.25, -0.2) is 0 Å². The Hall–Kier alpha value is -1.83. The number of phenolic OH excluding ortho intramolecular Hbond substituents is 1. The zero-order chi connectivity index (χ0) is 26.3. The van der Waals surface area contributed by atoms with E-state index in [9.17, 15) is 9.90 Å². The van der Waals surface area contributed by atoms with E-state index < -0.39 is 11.6 Å². The number of ether oxygens (including phenoxy) is 3. The molecule has 0 aromatic heterocycles. The first-order valence-electron chi connectivity index (χ1n) is 14.3. The lowest BCUT2D eigenvalue weighted by Crippen LogP contribution is -2.79. The molecular weight excluding hydrogens is 468 g/mol. The monoisotopic (exact) mass is 512 g/mol. The summed E-state index contributed by atoms with van der Waals surface area (Å²) in [6.45, 7) is 12.0. The van der Waals surface area contributed by atoms with Gasteiger partial charge >= 0.3 is 5.97 Å². The van der Waals surface area contributed by atoms with Crippen LogP contribution in [-0.4, -0.2) is 71.6 Å². The molecule has 37 heavy (non-hydrogen) atoms.